The van der Waals surface area contributed by atoms with Crippen LogP contribution < -0.4 is 10.5 Å². The van der Waals surface area contributed by atoms with Crippen LogP contribution in [0.2, 0.25) is 0 Å². The van der Waals surface area contributed by atoms with Crippen molar-refractivity contribution in [1.29, 1.82) is 0 Å². The highest BCUT2D eigenvalue weighted by Crippen LogP contribution is 2.85. The maximum Gasteiger partial charge on any atom is 0.280 e. The van der Waals surface area contributed by atoms with Crippen molar-refractivity contribution in [3.05, 3.63) is 59.0 Å². The molecule has 2 aliphatic carbocycles. The third-order valence-corrected chi connectivity index (χ3v) is 6.82. The largest absolute Gasteiger partial charge is 0.366 e. The SMILES string of the molecule is Cn1cnc2ncn(Cc3nc([C@@]45C6[C@H]4[C@H]5CN6c4cncc(F)c4)no3)c(=O)c21. The molecule has 2 saturated heterocycles. The highest BCUT2D eigenvalue weighted by Gasteiger charge is 2.95. The van der Waals surface area contributed by atoms with Crippen molar-refractivity contribution in [2.24, 2.45) is 18.9 Å². The molecule has 0 aromatic carbocycles. The minimum atomic E-state index is -0.341. The Hall–Kier alpha value is -3.63. The van der Waals surface area contributed by atoms with E-state index in [9.17, 15) is 9.18 Å². The molecular formula is C19H15FN8O2. The number of rotatable bonds is 4. The maximum atomic E-state index is 13.6. The summed E-state index contributed by atoms with van der Waals surface area (Å²) in [5.74, 6) is 1.62. The average Bonchev–Trinajstić information content (AvgIpc) is 3.21. The molecule has 150 valence electrons. The van der Waals surface area contributed by atoms with E-state index in [0.29, 0.717) is 34.7 Å². The van der Waals surface area contributed by atoms with Gasteiger partial charge in [-0.1, -0.05) is 5.16 Å². The minimum absolute atomic E-state index is 0.108. The highest BCUT2D eigenvalue weighted by molar-refractivity contribution is 5.69. The summed E-state index contributed by atoms with van der Waals surface area (Å²) in [6, 6.07) is 1.77. The van der Waals surface area contributed by atoms with E-state index in [1.807, 2.05) is 0 Å². The fourth-order valence-electron chi connectivity index (χ4n) is 5.39. The summed E-state index contributed by atoms with van der Waals surface area (Å²) >= 11 is 0. The number of hydrogen-bond acceptors (Lipinski definition) is 8. The normalized spacial score (nSPS) is 28.2. The van der Waals surface area contributed by atoms with Crippen LogP contribution in [0.1, 0.15) is 11.7 Å². The molecule has 4 aliphatic rings. The molecule has 0 spiro atoms. The fourth-order valence-corrected chi connectivity index (χ4v) is 5.39. The number of aromatic nitrogens is 7. The van der Waals surface area contributed by atoms with Crippen LogP contribution in [-0.2, 0) is 19.0 Å². The predicted molar refractivity (Wildman–Crippen MR) is 100 cm³/mol. The molecular weight excluding hydrogens is 391 g/mol. The Balaban J connectivity index is 1.17. The number of fused-ring (bicyclic) bond motifs is 2. The van der Waals surface area contributed by atoms with E-state index in [1.54, 1.807) is 24.1 Å². The number of anilines is 1. The summed E-state index contributed by atoms with van der Waals surface area (Å²) in [6.45, 7) is 0.985. The van der Waals surface area contributed by atoms with Crippen molar-refractivity contribution in [3.8, 4) is 0 Å². The Bertz CT molecular complexity index is 1400. The lowest BCUT2D eigenvalue weighted by molar-refractivity contribution is 0.362. The Morgan fingerprint density at radius 1 is 1.30 bits per heavy atom. The van der Waals surface area contributed by atoms with Crippen LogP contribution in [0, 0.1) is 17.7 Å². The van der Waals surface area contributed by atoms with Gasteiger partial charge in [0.05, 0.1) is 29.8 Å². The molecule has 0 N–H and O–H groups in total. The van der Waals surface area contributed by atoms with Crippen molar-refractivity contribution < 1.29 is 8.91 Å². The number of aryl methyl sites for hydroxylation is 1. The van der Waals surface area contributed by atoms with Crippen LogP contribution in [0.4, 0.5) is 10.1 Å². The standard InChI is InChI=1S/C19H15FN8O2/c1-26-7-22-16-14(26)17(29)27(8-23-16)6-12-24-18(25-30-12)19-11-5-28(15(19)13(11)19)10-2-9(20)3-21-4-10/h2-4,7-8,11,13,15H,5-6H2,1H3/t11-,13-,15?,19-/m1/s1. The van der Waals surface area contributed by atoms with Crippen molar-refractivity contribution >= 4 is 16.9 Å². The van der Waals surface area contributed by atoms with Gasteiger partial charge in [0.15, 0.2) is 17.0 Å². The number of hydrogen-bond donors (Lipinski definition) is 0. The molecule has 2 bridgehead atoms. The zero-order valence-electron chi connectivity index (χ0n) is 15.8. The molecule has 4 fully saturated rings. The number of imidazole rings is 1. The Labute approximate surface area is 168 Å². The van der Waals surface area contributed by atoms with E-state index in [1.165, 1.54) is 23.2 Å². The molecule has 4 aromatic rings. The van der Waals surface area contributed by atoms with Crippen LogP contribution >= 0.6 is 0 Å². The van der Waals surface area contributed by atoms with Crippen LogP contribution in [0.5, 0.6) is 0 Å². The van der Waals surface area contributed by atoms with Gasteiger partial charge in [0.2, 0.25) is 5.89 Å². The van der Waals surface area contributed by atoms with Crippen LogP contribution in [0.25, 0.3) is 11.2 Å². The molecule has 4 atom stereocenters. The molecule has 4 aromatic heterocycles. The Kier molecular flexibility index (Phi) is 2.75. The molecule has 11 heteroatoms. The Morgan fingerprint density at radius 2 is 2.17 bits per heavy atom. The number of piperidine rings is 1. The first-order valence-electron chi connectivity index (χ1n) is 9.65. The van der Waals surface area contributed by atoms with Crippen molar-refractivity contribution in [1.82, 2.24) is 34.2 Å². The monoisotopic (exact) mass is 406 g/mol. The first-order chi connectivity index (χ1) is 14.6. The molecule has 2 aliphatic heterocycles. The lowest BCUT2D eigenvalue weighted by Gasteiger charge is -2.18. The van der Waals surface area contributed by atoms with Gasteiger partial charge in [-0.3, -0.25) is 14.3 Å². The number of halogens is 1. The molecule has 6 heterocycles. The third-order valence-electron chi connectivity index (χ3n) is 6.82. The lowest BCUT2D eigenvalue weighted by Crippen LogP contribution is -2.23. The zero-order chi connectivity index (χ0) is 20.2. The summed E-state index contributed by atoms with van der Waals surface area (Å²) < 4.78 is 22.1. The smallest absolute Gasteiger partial charge is 0.280 e. The van der Waals surface area contributed by atoms with Gasteiger partial charge in [-0.25, -0.2) is 14.4 Å². The van der Waals surface area contributed by atoms with E-state index in [4.69, 9.17) is 4.52 Å². The predicted octanol–water partition coefficient (Wildman–Crippen LogP) is 0.482. The van der Waals surface area contributed by atoms with Gasteiger partial charge in [0.25, 0.3) is 5.56 Å². The molecule has 30 heavy (non-hydrogen) atoms. The van der Waals surface area contributed by atoms with E-state index >= 15 is 0 Å². The van der Waals surface area contributed by atoms with Gasteiger partial charge < -0.3 is 14.0 Å². The molecule has 2 saturated carbocycles. The van der Waals surface area contributed by atoms with E-state index < -0.39 is 0 Å². The molecule has 10 nitrogen and oxygen atoms in total. The second kappa shape index (κ2) is 5.10. The molecule has 1 unspecified atom stereocenters. The minimum Gasteiger partial charge on any atom is -0.366 e. The number of pyridine rings is 1. The second-order valence-electron chi connectivity index (χ2n) is 8.24. The maximum absolute atomic E-state index is 13.6. The summed E-state index contributed by atoms with van der Waals surface area (Å²) in [6.07, 6.45) is 5.90. The van der Waals surface area contributed by atoms with Gasteiger partial charge in [-0.2, -0.15) is 4.98 Å². The fraction of sp³-hybridized carbons (Fsp3) is 0.368. The molecule has 0 radical (unpaired) electrons. The third kappa shape index (κ3) is 1.83. The van der Waals surface area contributed by atoms with Gasteiger partial charge in [0.1, 0.15) is 18.7 Å². The average molecular weight is 406 g/mol. The second-order valence-corrected chi connectivity index (χ2v) is 8.24. The summed E-state index contributed by atoms with van der Waals surface area (Å²) in [4.78, 5) is 31.8. The Morgan fingerprint density at radius 3 is 3.00 bits per heavy atom. The van der Waals surface area contributed by atoms with E-state index in [0.717, 1.165) is 12.2 Å². The van der Waals surface area contributed by atoms with Crippen LogP contribution in [0.3, 0.4) is 0 Å². The van der Waals surface area contributed by atoms with E-state index in [2.05, 4.69) is 30.0 Å². The van der Waals surface area contributed by atoms with Crippen LogP contribution in [-0.4, -0.2) is 46.8 Å². The lowest BCUT2D eigenvalue weighted by atomic mass is 10.1. The first kappa shape index (κ1) is 16.2. The van der Waals surface area contributed by atoms with Gasteiger partial charge in [-0.05, 0) is 5.92 Å². The van der Waals surface area contributed by atoms with Crippen LogP contribution in [0.15, 0.2) is 40.4 Å². The number of nitrogens with zero attached hydrogens (tertiary/aromatic N) is 8. The molecule has 8 rings (SSSR count). The summed E-state index contributed by atoms with van der Waals surface area (Å²) in [7, 11) is 1.75. The van der Waals surface area contributed by atoms with Crippen molar-refractivity contribution in [3.63, 3.8) is 0 Å². The van der Waals surface area contributed by atoms with Gasteiger partial charge >= 0.3 is 0 Å². The quantitative estimate of drug-likeness (QED) is 0.482. The summed E-state index contributed by atoms with van der Waals surface area (Å²) in [5, 5.41) is 4.22. The van der Waals surface area contributed by atoms with Gasteiger partial charge in [-0.15, -0.1) is 0 Å². The zero-order valence-corrected chi connectivity index (χ0v) is 15.8. The highest BCUT2D eigenvalue weighted by atomic mass is 19.1. The molecule has 0 amide bonds. The topological polar surface area (TPSA) is 108 Å². The van der Waals surface area contributed by atoms with E-state index in [-0.39, 0.29) is 29.4 Å². The van der Waals surface area contributed by atoms with Crippen molar-refractivity contribution in [2.45, 2.75) is 18.0 Å². The first-order valence-corrected chi connectivity index (χ1v) is 9.65. The summed E-state index contributed by atoms with van der Waals surface area (Å²) in [5.41, 5.74) is 1.31. The van der Waals surface area contributed by atoms with Crippen molar-refractivity contribution in [2.75, 3.05) is 11.4 Å². The van der Waals surface area contributed by atoms with Gasteiger partial charge in [0, 0.05) is 31.6 Å².